The highest BCUT2D eigenvalue weighted by Crippen LogP contribution is 2.25. The molecule has 1 aliphatic carbocycles. The van der Waals surface area contributed by atoms with Crippen molar-refractivity contribution in [2.45, 2.75) is 45.4 Å². The van der Waals surface area contributed by atoms with Crippen LogP contribution in [0.25, 0.3) is 0 Å². The summed E-state index contributed by atoms with van der Waals surface area (Å²) < 4.78 is 0. The van der Waals surface area contributed by atoms with Crippen LogP contribution < -0.4 is 5.32 Å². The van der Waals surface area contributed by atoms with Gasteiger partial charge >= 0.3 is 0 Å². The molecule has 1 rings (SSSR count). The van der Waals surface area contributed by atoms with E-state index in [-0.39, 0.29) is 5.78 Å². The van der Waals surface area contributed by atoms with Gasteiger partial charge in [-0.05, 0) is 25.8 Å². The minimum absolute atomic E-state index is 0.239. The Hall–Kier alpha value is -0.370. The van der Waals surface area contributed by atoms with Gasteiger partial charge in [0.1, 0.15) is 5.78 Å². The molecule has 1 aliphatic rings. The number of rotatable bonds is 5. The molecule has 76 valence electrons. The van der Waals surface area contributed by atoms with E-state index in [0.29, 0.717) is 6.54 Å². The molecular weight excluding hydrogens is 162 g/mol. The van der Waals surface area contributed by atoms with Crippen LogP contribution in [-0.4, -0.2) is 18.9 Å². The molecule has 1 saturated carbocycles. The molecule has 0 saturated heterocycles. The smallest absolute Gasteiger partial charge is 0.143 e. The fraction of sp³-hybridized carbons (Fsp3) is 0.909. The van der Waals surface area contributed by atoms with E-state index in [1.165, 1.54) is 38.5 Å². The summed E-state index contributed by atoms with van der Waals surface area (Å²) >= 11 is 0. The van der Waals surface area contributed by atoms with Crippen molar-refractivity contribution < 1.29 is 4.79 Å². The van der Waals surface area contributed by atoms with Crippen molar-refractivity contribution in [1.82, 2.24) is 5.32 Å². The second kappa shape index (κ2) is 6.14. The Morgan fingerprint density at radius 3 is 2.62 bits per heavy atom. The quantitative estimate of drug-likeness (QED) is 0.662. The van der Waals surface area contributed by atoms with Gasteiger partial charge in [0.25, 0.3) is 0 Å². The Balaban J connectivity index is 1.95. The van der Waals surface area contributed by atoms with Gasteiger partial charge in [0.15, 0.2) is 0 Å². The standard InChI is InChI=1S/C11H21NO/c1-10(13)9-12-8-7-11-5-3-2-4-6-11/h11-12H,2-9H2,1H3. The van der Waals surface area contributed by atoms with Crippen LogP contribution >= 0.6 is 0 Å². The molecule has 1 N–H and O–H groups in total. The summed E-state index contributed by atoms with van der Waals surface area (Å²) in [7, 11) is 0. The second-order valence-corrected chi connectivity index (χ2v) is 4.17. The molecule has 0 aliphatic heterocycles. The molecule has 0 atom stereocenters. The molecule has 0 radical (unpaired) electrons. The molecule has 0 aromatic rings. The lowest BCUT2D eigenvalue weighted by atomic mass is 9.87. The highest BCUT2D eigenvalue weighted by atomic mass is 16.1. The zero-order chi connectivity index (χ0) is 9.52. The molecule has 0 heterocycles. The summed E-state index contributed by atoms with van der Waals surface area (Å²) in [6.07, 6.45) is 8.32. The van der Waals surface area contributed by atoms with E-state index in [2.05, 4.69) is 5.32 Å². The van der Waals surface area contributed by atoms with E-state index in [1.54, 1.807) is 6.92 Å². The monoisotopic (exact) mass is 183 g/mol. The van der Waals surface area contributed by atoms with Crippen LogP contribution in [0.3, 0.4) is 0 Å². The highest BCUT2D eigenvalue weighted by Gasteiger charge is 2.12. The third-order valence-corrected chi connectivity index (χ3v) is 2.83. The summed E-state index contributed by atoms with van der Waals surface area (Å²) in [6, 6.07) is 0. The fourth-order valence-corrected chi connectivity index (χ4v) is 2.05. The summed E-state index contributed by atoms with van der Waals surface area (Å²) in [4.78, 5) is 10.6. The topological polar surface area (TPSA) is 29.1 Å². The number of carbonyl (C=O) groups is 1. The first-order valence-electron chi connectivity index (χ1n) is 5.49. The predicted octanol–water partition coefficient (Wildman–Crippen LogP) is 2.14. The molecular formula is C11H21NO. The van der Waals surface area contributed by atoms with E-state index >= 15 is 0 Å². The number of hydrogen-bond acceptors (Lipinski definition) is 2. The molecule has 0 aromatic heterocycles. The van der Waals surface area contributed by atoms with Crippen molar-refractivity contribution in [3.63, 3.8) is 0 Å². The van der Waals surface area contributed by atoms with Crippen molar-refractivity contribution in [2.75, 3.05) is 13.1 Å². The summed E-state index contributed by atoms with van der Waals surface area (Å²) in [6.45, 7) is 3.20. The van der Waals surface area contributed by atoms with Crippen molar-refractivity contribution in [2.24, 2.45) is 5.92 Å². The molecule has 0 spiro atoms. The van der Waals surface area contributed by atoms with Crippen LogP contribution in [0.15, 0.2) is 0 Å². The zero-order valence-electron chi connectivity index (χ0n) is 8.64. The van der Waals surface area contributed by atoms with Gasteiger partial charge in [0.2, 0.25) is 0 Å². The van der Waals surface area contributed by atoms with Crippen LogP contribution in [0.1, 0.15) is 45.4 Å². The van der Waals surface area contributed by atoms with Crippen LogP contribution in [0.5, 0.6) is 0 Å². The van der Waals surface area contributed by atoms with Gasteiger partial charge in [0, 0.05) is 0 Å². The molecule has 0 amide bonds. The average Bonchev–Trinajstić information content (AvgIpc) is 2.14. The molecule has 1 fully saturated rings. The highest BCUT2D eigenvalue weighted by molar-refractivity contribution is 5.77. The van der Waals surface area contributed by atoms with Gasteiger partial charge in [-0.25, -0.2) is 0 Å². The maximum atomic E-state index is 10.6. The molecule has 13 heavy (non-hydrogen) atoms. The van der Waals surface area contributed by atoms with Gasteiger partial charge in [-0.15, -0.1) is 0 Å². The first kappa shape index (κ1) is 10.7. The third-order valence-electron chi connectivity index (χ3n) is 2.83. The second-order valence-electron chi connectivity index (χ2n) is 4.17. The van der Waals surface area contributed by atoms with Gasteiger partial charge in [-0.3, -0.25) is 4.79 Å². The Bertz CT molecular complexity index is 150. The Labute approximate surface area is 81.1 Å². The first-order valence-corrected chi connectivity index (χ1v) is 5.49. The van der Waals surface area contributed by atoms with Crippen LogP contribution in [0.2, 0.25) is 0 Å². The molecule has 0 unspecified atom stereocenters. The summed E-state index contributed by atoms with van der Waals surface area (Å²) in [5, 5.41) is 3.18. The summed E-state index contributed by atoms with van der Waals surface area (Å²) in [5.41, 5.74) is 0. The zero-order valence-corrected chi connectivity index (χ0v) is 8.64. The lowest BCUT2D eigenvalue weighted by molar-refractivity contribution is -0.116. The van der Waals surface area contributed by atoms with Gasteiger partial charge in [0.05, 0.1) is 6.54 Å². The van der Waals surface area contributed by atoms with E-state index in [0.717, 1.165) is 12.5 Å². The summed E-state index contributed by atoms with van der Waals surface area (Å²) in [5.74, 6) is 1.16. The van der Waals surface area contributed by atoms with E-state index < -0.39 is 0 Å². The SMILES string of the molecule is CC(=O)CNCCC1CCCCC1. The number of ketones is 1. The number of hydrogen-bond donors (Lipinski definition) is 1. The molecule has 0 bridgehead atoms. The number of nitrogens with one attached hydrogen (secondary N) is 1. The maximum absolute atomic E-state index is 10.6. The van der Waals surface area contributed by atoms with E-state index in [4.69, 9.17) is 0 Å². The largest absolute Gasteiger partial charge is 0.310 e. The lowest BCUT2D eigenvalue weighted by Gasteiger charge is -2.21. The van der Waals surface area contributed by atoms with Gasteiger partial charge < -0.3 is 5.32 Å². The Morgan fingerprint density at radius 1 is 1.31 bits per heavy atom. The normalized spacial score (nSPS) is 18.8. The molecule has 2 heteroatoms. The van der Waals surface area contributed by atoms with Crippen molar-refractivity contribution in [1.29, 1.82) is 0 Å². The minimum atomic E-state index is 0.239. The van der Waals surface area contributed by atoms with Gasteiger partial charge in [-0.2, -0.15) is 0 Å². The number of carbonyl (C=O) groups excluding carboxylic acids is 1. The maximum Gasteiger partial charge on any atom is 0.143 e. The fourth-order valence-electron chi connectivity index (χ4n) is 2.05. The lowest BCUT2D eigenvalue weighted by Crippen LogP contribution is -2.24. The molecule has 2 nitrogen and oxygen atoms in total. The van der Waals surface area contributed by atoms with Gasteiger partial charge in [-0.1, -0.05) is 32.1 Å². The number of Topliss-reactive ketones (excluding diaryl/α,β-unsaturated/α-hetero) is 1. The Morgan fingerprint density at radius 2 is 2.00 bits per heavy atom. The van der Waals surface area contributed by atoms with Crippen molar-refractivity contribution in [3.8, 4) is 0 Å². The molecule has 0 aromatic carbocycles. The van der Waals surface area contributed by atoms with Crippen molar-refractivity contribution >= 4 is 5.78 Å². The van der Waals surface area contributed by atoms with E-state index in [9.17, 15) is 4.79 Å². The third kappa shape index (κ3) is 5.04. The Kier molecular flexibility index (Phi) is 5.06. The first-order chi connectivity index (χ1) is 6.29. The average molecular weight is 183 g/mol. The van der Waals surface area contributed by atoms with E-state index in [1.807, 2.05) is 0 Å². The van der Waals surface area contributed by atoms with Crippen LogP contribution in [0.4, 0.5) is 0 Å². The van der Waals surface area contributed by atoms with Crippen LogP contribution in [-0.2, 0) is 4.79 Å². The predicted molar refractivity (Wildman–Crippen MR) is 54.7 cm³/mol. The van der Waals surface area contributed by atoms with Crippen molar-refractivity contribution in [3.05, 3.63) is 0 Å². The van der Waals surface area contributed by atoms with Crippen LogP contribution in [0, 0.1) is 5.92 Å². The minimum Gasteiger partial charge on any atom is -0.310 e.